The lowest BCUT2D eigenvalue weighted by molar-refractivity contribution is 0.411. The topological polar surface area (TPSA) is 84.2 Å². The van der Waals surface area contributed by atoms with E-state index in [-0.39, 0.29) is 6.54 Å². The van der Waals surface area contributed by atoms with Crippen LogP contribution < -0.4 is 10.0 Å². The average Bonchev–Trinajstić information content (AvgIpc) is 2.97. The van der Waals surface area contributed by atoms with E-state index in [1.165, 1.54) is 17.6 Å². The lowest BCUT2D eigenvalue weighted by Gasteiger charge is -2.03. The highest BCUT2D eigenvalue weighted by Gasteiger charge is 2.19. The predicted molar refractivity (Wildman–Crippen MR) is 72.3 cm³/mol. The van der Waals surface area contributed by atoms with Crippen LogP contribution in [-0.2, 0) is 23.1 Å². The molecule has 19 heavy (non-hydrogen) atoms. The van der Waals surface area contributed by atoms with Crippen molar-refractivity contribution in [2.24, 2.45) is 0 Å². The first-order valence-corrected chi connectivity index (χ1v) is 7.95. The van der Waals surface area contributed by atoms with E-state index < -0.39 is 10.0 Å². The van der Waals surface area contributed by atoms with Crippen LogP contribution in [0.4, 0.5) is 0 Å². The van der Waals surface area contributed by atoms with Crippen LogP contribution in [0.25, 0.3) is 0 Å². The van der Waals surface area contributed by atoms with E-state index in [2.05, 4.69) is 19.7 Å². The van der Waals surface area contributed by atoms with Crippen molar-refractivity contribution in [1.82, 2.24) is 15.2 Å². The van der Waals surface area contributed by atoms with Crippen LogP contribution in [0.5, 0.6) is 0 Å². The minimum atomic E-state index is -3.51. The van der Waals surface area contributed by atoms with Gasteiger partial charge in [0.1, 0.15) is 6.26 Å². The van der Waals surface area contributed by atoms with Gasteiger partial charge in [0, 0.05) is 22.4 Å². The molecule has 104 valence electrons. The summed E-state index contributed by atoms with van der Waals surface area (Å²) < 4.78 is 31.5. The Morgan fingerprint density at radius 1 is 1.42 bits per heavy atom. The van der Waals surface area contributed by atoms with Gasteiger partial charge in [-0.2, -0.15) is 0 Å². The molecule has 2 heterocycles. The molecule has 0 saturated heterocycles. The second-order valence-electron chi connectivity index (χ2n) is 3.98. The van der Waals surface area contributed by atoms with Crippen molar-refractivity contribution in [3.63, 3.8) is 0 Å². The van der Waals surface area contributed by atoms with Gasteiger partial charge in [0.2, 0.25) is 10.0 Å². The van der Waals surface area contributed by atoms with Gasteiger partial charge in [-0.05, 0) is 20.0 Å². The van der Waals surface area contributed by atoms with Crippen molar-refractivity contribution < 1.29 is 12.9 Å². The number of rotatable bonds is 6. The quantitative estimate of drug-likeness (QED) is 0.838. The molecule has 0 bridgehead atoms. The Bertz CT molecular complexity index is 632. The molecule has 0 saturated carbocycles. The summed E-state index contributed by atoms with van der Waals surface area (Å²) in [6.07, 6.45) is 1.41. The number of sulfonamides is 1. The van der Waals surface area contributed by atoms with E-state index in [0.717, 1.165) is 9.75 Å². The first kappa shape index (κ1) is 14.2. The Morgan fingerprint density at radius 3 is 2.84 bits per heavy atom. The number of aryl methyl sites for hydroxylation is 1. The second-order valence-corrected chi connectivity index (χ2v) is 7.06. The molecule has 0 aromatic carbocycles. The number of nitrogens with one attached hydrogen (secondary N) is 2. The van der Waals surface area contributed by atoms with Crippen LogP contribution in [0.1, 0.15) is 15.4 Å². The molecule has 0 spiro atoms. The Hall–Kier alpha value is -1.22. The van der Waals surface area contributed by atoms with E-state index in [0.29, 0.717) is 17.1 Å². The number of nitrogens with zero attached hydrogens (tertiary/aromatic N) is 1. The molecular weight excluding hydrogens is 286 g/mol. The smallest absolute Gasteiger partial charge is 0.242 e. The number of hydrogen-bond acceptors (Lipinski definition) is 6. The fourth-order valence-corrected chi connectivity index (χ4v) is 4.27. The van der Waals surface area contributed by atoms with Crippen LogP contribution in [0.3, 0.4) is 0 Å². The Kier molecular flexibility index (Phi) is 4.35. The first-order chi connectivity index (χ1) is 9.03. The van der Waals surface area contributed by atoms with E-state index in [4.69, 9.17) is 0 Å². The van der Waals surface area contributed by atoms with Crippen molar-refractivity contribution in [2.45, 2.75) is 24.9 Å². The van der Waals surface area contributed by atoms with Gasteiger partial charge >= 0.3 is 0 Å². The third-order valence-corrected chi connectivity index (χ3v) is 5.21. The Morgan fingerprint density at radius 2 is 2.21 bits per heavy atom. The largest absolute Gasteiger partial charge is 0.364 e. The highest BCUT2D eigenvalue weighted by atomic mass is 32.2. The van der Waals surface area contributed by atoms with Gasteiger partial charge in [-0.25, -0.2) is 13.1 Å². The first-order valence-electron chi connectivity index (χ1n) is 5.66. The molecule has 0 amide bonds. The zero-order valence-corrected chi connectivity index (χ0v) is 12.3. The van der Waals surface area contributed by atoms with E-state index in [9.17, 15) is 8.42 Å². The molecule has 2 aromatic heterocycles. The molecule has 6 nitrogen and oxygen atoms in total. The zero-order chi connectivity index (χ0) is 13.9. The molecule has 2 rings (SSSR count). The summed E-state index contributed by atoms with van der Waals surface area (Å²) in [7, 11) is -1.69. The summed E-state index contributed by atoms with van der Waals surface area (Å²) >= 11 is 1.47. The second kappa shape index (κ2) is 5.83. The van der Waals surface area contributed by atoms with Crippen molar-refractivity contribution >= 4 is 21.4 Å². The van der Waals surface area contributed by atoms with E-state index >= 15 is 0 Å². The van der Waals surface area contributed by atoms with Gasteiger partial charge in [0.15, 0.2) is 0 Å². The molecule has 0 radical (unpaired) electrons. The van der Waals surface area contributed by atoms with Gasteiger partial charge in [0.25, 0.3) is 0 Å². The molecule has 0 aliphatic carbocycles. The van der Waals surface area contributed by atoms with Gasteiger partial charge < -0.3 is 9.84 Å². The Balaban J connectivity index is 2.14. The lowest BCUT2D eigenvalue weighted by atomic mass is 10.4. The minimum absolute atomic E-state index is 0.121. The Labute approximate surface area is 115 Å². The SMILES string of the molecule is CNCc1cc(S(=O)(=O)NCc2ccon2)c(C)s1. The molecule has 0 unspecified atom stereocenters. The van der Waals surface area contributed by atoms with Crippen LogP contribution >= 0.6 is 11.3 Å². The van der Waals surface area contributed by atoms with E-state index in [1.54, 1.807) is 19.1 Å². The molecular formula is C11H15N3O3S2. The van der Waals surface area contributed by atoms with Crippen LogP contribution in [0, 0.1) is 6.92 Å². The van der Waals surface area contributed by atoms with Gasteiger partial charge in [0.05, 0.1) is 17.1 Å². The van der Waals surface area contributed by atoms with Crippen molar-refractivity contribution in [1.29, 1.82) is 0 Å². The van der Waals surface area contributed by atoms with Gasteiger partial charge in [-0.15, -0.1) is 11.3 Å². The molecule has 8 heteroatoms. The summed E-state index contributed by atoms with van der Waals surface area (Å²) in [5.74, 6) is 0. The van der Waals surface area contributed by atoms with Crippen LogP contribution in [-0.4, -0.2) is 20.6 Å². The lowest BCUT2D eigenvalue weighted by Crippen LogP contribution is -2.23. The molecule has 0 aliphatic rings. The molecule has 0 atom stereocenters. The minimum Gasteiger partial charge on any atom is -0.364 e. The van der Waals surface area contributed by atoms with Crippen LogP contribution in [0.15, 0.2) is 27.8 Å². The maximum absolute atomic E-state index is 12.2. The number of thiophene rings is 1. The highest BCUT2D eigenvalue weighted by molar-refractivity contribution is 7.89. The number of aromatic nitrogens is 1. The van der Waals surface area contributed by atoms with Crippen molar-refractivity contribution in [3.05, 3.63) is 33.8 Å². The number of hydrogen-bond donors (Lipinski definition) is 2. The summed E-state index contributed by atoms with van der Waals surface area (Å²) in [4.78, 5) is 2.09. The molecule has 2 N–H and O–H groups in total. The standard InChI is InChI=1S/C11H15N3O3S2/c1-8-11(5-10(18-8)7-12-2)19(15,16)13-6-9-3-4-17-14-9/h3-5,12-13H,6-7H2,1-2H3. The zero-order valence-electron chi connectivity index (χ0n) is 10.6. The predicted octanol–water partition coefficient (Wildman–Crippen LogP) is 1.24. The normalized spacial score (nSPS) is 11.9. The van der Waals surface area contributed by atoms with Gasteiger partial charge in [-0.3, -0.25) is 0 Å². The fraction of sp³-hybridized carbons (Fsp3) is 0.364. The molecule has 2 aromatic rings. The van der Waals surface area contributed by atoms with Crippen LogP contribution in [0.2, 0.25) is 0 Å². The van der Waals surface area contributed by atoms with Crippen molar-refractivity contribution in [3.8, 4) is 0 Å². The van der Waals surface area contributed by atoms with E-state index in [1.807, 2.05) is 7.05 Å². The third kappa shape index (κ3) is 3.41. The third-order valence-electron chi connectivity index (χ3n) is 2.50. The summed E-state index contributed by atoms with van der Waals surface area (Å²) in [5, 5.41) is 6.66. The molecule has 0 aliphatic heterocycles. The van der Waals surface area contributed by atoms with Gasteiger partial charge in [-0.1, -0.05) is 5.16 Å². The maximum atomic E-state index is 12.2. The summed E-state index contributed by atoms with van der Waals surface area (Å²) in [6.45, 7) is 2.58. The molecule has 0 fully saturated rings. The summed E-state index contributed by atoms with van der Waals surface area (Å²) in [5.41, 5.74) is 0.548. The van der Waals surface area contributed by atoms with Crippen molar-refractivity contribution in [2.75, 3.05) is 7.05 Å². The highest BCUT2D eigenvalue weighted by Crippen LogP contribution is 2.25. The fourth-order valence-electron chi connectivity index (χ4n) is 1.63. The maximum Gasteiger partial charge on any atom is 0.242 e. The average molecular weight is 301 g/mol. The monoisotopic (exact) mass is 301 g/mol. The summed E-state index contributed by atoms with van der Waals surface area (Å²) in [6, 6.07) is 3.32.